The second kappa shape index (κ2) is 2.01. The van der Waals surface area contributed by atoms with Crippen LogP contribution in [0.25, 0.3) is 0 Å². The molecule has 0 spiro atoms. The van der Waals surface area contributed by atoms with Gasteiger partial charge in [-0.25, -0.2) is 0 Å². The van der Waals surface area contributed by atoms with Crippen molar-refractivity contribution in [1.82, 2.24) is 0 Å². The van der Waals surface area contributed by atoms with E-state index in [-0.39, 0.29) is 11.4 Å². The Morgan fingerprint density at radius 1 is 1.56 bits per heavy atom. The Balaban J connectivity index is 2.60. The van der Waals surface area contributed by atoms with Gasteiger partial charge in [0.05, 0.1) is 12.0 Å². The Bertz CT molecular complexity index is 127. The van der Waals surface area contributed by atoms with E-state index in [1.807, 2.05) is 13.8 Å². The van der Waals surface area contributed by atoms with E-state index in [2.05, 4.69) is 0 Å². The van der Waals surface area contributed by atoms with Gasteiger partial charge in [0, 0.05) is 0 Å². The number of rotatable bonds is 0. The van der Waals surface area contributed by atoms with E-state index in [9.17, 15) is 4.79 Å². The van der Waals surface area contributed by atoms with Gasteiger partial charge in [-0.3, -0.25) is 4.79 Å². The van der Waals surface area contributed by atoms with Crippen LogP contribution in [0.4, 0.5) is 0 Å². The molecule has 0 aromatic heterocycles. The standard InChI is InChI=1S/C7H12O2/c1-7(2)4-3-5-9-6(7)8/h3-5H2,1-2H3. The van der Waals surface area contributed by atoms with Crippen molar-refractivity contribution in [3.05, 3.63) is 0 Å². The van der Waals surface area contributed by atoms with Gasteiger partial charge in [-0.15, -0.1) is 0 Å². The predicted octanol–water partition coefficient (Wildman–Crippen LogP) is 1.35. The molecule has 9 heavy (non-hydrogen) atoms. The van der Waals surface area contributed by atoms with E-state index >= 15 is 0 Å². The fourth-order valence-electron chi connectivity index (χ4n) is 0.976. The predicted molar refractivity (Wildman–Crippen MR) is 34.0 cm³/mol. The topological polar surface area (TPSA) is 26.3 Å². The zero-order valence-electron chi connectivity index (χ0n) is 5.94. The molecule has 0 bridgehead atoms. The van der Waals surface area contributed by atoms with Gasteiger partial charge in [-0.1, -0.05) is 0 Å². The van der Waals surface area contributed by atoms with Crippen molar-refractivity contribution in [2.75, 3.05) is 6.61 Å². The van der Waals surface area contributed by atoms with Crippen LogP contribution in [-0.4, -0.2) is 12.6 Å². The van der Waals surface area contributed by atoms with Gasteiger partial charge in [0.1, 0.15) is 0 Å². The van der Waals surface area contributed by atoms with Crippen molar-refractivity contribution in [2.24, 2.45) is 5.41 Å². The van der Waals surface area contributed by atoms with E-state index in [1.54, 1.807) is 0 Å². The number of hydrogen-bond donors (Lipinski definition) is 0. The summed E-state index contributed by atoms with van der Waals surface area (Å²) in [5.74, 6) is -0.0475. The Kier molecular flexibility index (Phi) is 1.47. The number of ether oxygens (including phenoxy) is 1. The average Bonchev–Trinajstić information content (AvgIpc) is 1.77. The number of carbonyl (C=O) groups is 1. The molecule has 2 nitrogen and oxygen atoms in total. The molecule has 1 saturated heterocycles. The highest BCUT2D eigenvalue weighted by Gasteiger charge is 2.31. The SMILES string of the molecule is CC1(C)CCCOC1=O. The van der Waals surface area contributed by atoms with E-state index in [1.165, 1.54) is 0 Å². The smallest absolute Gasteiger partial charge is 0.311 e. The van der Waals surface area contributed by atoms with Crippen LogP contribution in [0.3, 0.4) is 0 Å². The number of cyclic esters (lactones) is 1. The summed E-state index contributed by atoms with van der Waals surface area (Å²) < 4.78 is 4.85. The maximum atomic E-state index is 10.9. The Labute approximate surface area is 55.2 Å². The normalized spacial score (nSPS) is 25.3. The Hall–Kier alpha value is -0.530. The van der Waals surface area contributed by atoms with E-state index in [0.29, 0.717) is 6.61 Å². The van der Waals surface area contributed by atoms with Gasteiger partial charge in [0.25, 0.3) is 0 Å². The third-order valence-electron chi connectivity index (χ3n) is 1.73. The summed E-state index contributed by atoms with van der Waals surface area (Å²) in [6.07, 6.45) is 1.98. The summed E-state index contributed by atoms with van der Waals surface area (Å²) in [5, 5.41) is 0. The Morgan fingerprint density at radius 2 is 2.22 bits per heavy atom. The molecule has 0 saturated carbocycles. The second-order valence-corrected chi connectivity index (χ2v) is 3.12. The number of hydrogen-bond acceptors (Lipinski definition) is 2. The first-order valence-corrected chi connectivity index (χ1v) is 3.30. The summed E-state index contributed by atoms with van der Waals surface area (Å²) >= 11 is 0. The minimum Gasteiger partial charge on any atom is -0.465 e. The molecule has 52 valence electrons. The van der Waals surface area contributed by atoms with Crippen LogP contribution in [0.5, 0.6) is 0 Å². The van der Waals surface area contributed by atoms with Crippen LogP contribution in [0, 0.1) is 5.41 Å². The second-order valence-electron chi connectivity index (χ2n) is 3.12. The molecule has 0 aromatic carbocycles. The molecule has 0 amide bonds. The van der Waals surface area contributed by atoms with Crippen LogP contribution < -0.4 is 0 Å². The largest absolute Gasteiger partial charge is 0.465 e. The van der Waals surface area contributed by atoms with Crippen molar-refractivity contribution in [3.8, 4) is 0 Å². The maximum absolute atomic E-state index is 10.9. The van der Waals surface area contributed by atoms with Crippen LogP contribution in [0.1, 0.15) is 26.7 Å². The van der Waals surface area contributed by atoms with Gasteiger partial charge in [0.15, 0.2) is 0 Å². The van der Waals surface area contributed by atoms with Gasteiger partial charge < -0.3 is 4.74 Å². The summed E-state index contributed by atoms with van der Waals surface area (Å²) in [4.78, 5) is 10.9. The average molecular weight is 128 g/mol. The zero-order valence-corrected chi connectivity index (χ0v) is 5.94. The lowest BCUT2D eigenvalue weighted by Crippen LogP contribution is -2.31. The van der Waals surface area contributed by atoms with Crippen LogP contribution in [0.15, 0.2) is 0 Å². The molecule has 1 aliphatic rings. The van der Waals surface area contributed by atoms with E-state index < -0.39 is 0 Å². The van der Waals surface area contributed by atoms with Crippen LogP contribution >= 0.6 is 0 Å². The Morgan fingerprint density at radius 3 is 2.56 bits per heavy atom. The van der Waals surface area contributed by atoms with Crippen LogP contribution in [0.2, 0.25) is 0 Å². The van der Waals surface area contributed by atoms with Gasteiger partial charge in [-0.2, -0.15) is 0 Å². The molecule has 1 heterocycles. The first kappa shape index (κ1) is 6.59. The fourth-order valence-corrected chi connectivity index (χ4v) is 0.976. The molecule has 1 aliphatic heterocycles. The van der Waals surface area contributed by atoms with E-state index in [0.717, 1.165) is 12.8 Å². The lowest BCUT2D eigenvalue weighted by Gasteiger charge is -2.26. The quantitative estimate of drug-likeness (QED) is 0.460. The molecule has 1 fully saturated rings. The number of carbonyl (C=O) groups excluding carboxylic acids is 1. The van der Waals surface area contributed by atoms with Crippen molar-refractivity contribution >= 4 is 5.97 Å². The molecule has 1 rings (SSSR count). The van der Waals surface area contributed by atoms with Gasteiger partial charge in [-0.05, 0) is 26.7 Å². The molecular formula is C7H12O2. The highest BCUT2D eigenvalue weighted by Crippen LogP contribution is 2.27. The minimum atomic E-state index is -0.224. The first-order valence-electron chi connectivity index (χ1n) is 3.30. The van der Waals surface area contributed by atoms with Crippen molar-refractivity contribution < 1.29 is 9.53 Å². The summed E-state index contributed by atoms with van der Waals surface area (Å²) in [6, 6.07) is 0. The molecule has 0 N–H and O–H groups in total. The molecule has 0 aromatic rings. The highest BCUT2D eigenvalue weighted by molar-refractivity contribution is 5.76. The fraction of sp³-hybridized carbons (Fsp3) is 0.857. The monoisotopic (exact) mass is 128 g/mol. The molecule has 0 radical (unpaired) electrons. The van der Waals surface area contributed by atoms with Gasteiger partial charge >= 0.3 is 5.97 Å². The lowest BCUT2D eigenvalue weighted by atomic mass is 9.87. The summed E-state index contributed by atoms with van der Waals surface area (Å²) in [6.45, 7) is 4.46. The molecular weight excluding hydrogens is 116 g/mol. The van der Waals surface area contributed by atoms with Crippen molar-refractivity contribution in [3.63, 3.8) is 0 Å². The maximum Gasteiger partial charge on any atom is 0.311 e. The highest BCUT2D eigenvalue weighted by atomic mass is 16.5. The summed E-state index contributed by atoms with van der Waals surface area (Å²) in [7, 11) is 0. The zero-order chi connectivity index (χ0) is 6.91. The minimum absolute atomic E-state index is 0.0475. The number of esters is 1. The third kappa shape index (κ3) is 1.23. The van der Waals surface area contributed by atoms with Crippen molar-refractivity contribution in [2.45, 2.75) is 26.7 Å². The first-order chi connectivity index (χ1) is 4.13. The van der Waals surface area contributed by atoms with Crippen LogP contribution in [-0.2, 0) is 9.53 Å². The lowest BCUT2D eigenvalue weighted by molar-refractivity contribution is -0.159. The van der Waals surface area contributed by atoms with Gasteiger partial charge in [0.2, 0.25) is 0 Å². The molecule has 0 aliphatic carbocycles. The summed E-state index contributed by atoms with van der Waals surface area (Å²) in [5.41, 5.74) is -0.224. The third-order valence-corrected chi connectivity index (χ3v) is 1.73. The van der Waals surface area contributed by atoms with E-state index in [4.69, 9.17) is 4.74 Å². The van der Waals surface area contributed by atoms with Crippen molar-refractivity contribution in [1.29, 1.82) is 0 Å². The molecule has 0 atom stereocenters. The molecule has 2 heteroatoms. The molecule has 0 unspecified atom stereocenters.